The Bertz CT molecular complexity index is 822. The predicted molar refractivity (Wildman–Crippen MR) is 99.8 cm³/mol. The minimum Gasteiger partial charge on any atom is -0.468 e. The number of carbonyl (C=O) groups excluding carboxylic acids is 2. The largest absolute Gasteiger partial charge is 0.468 e. The lowest BCUT2D eigenvalue weighted by molar-refractivity contribution is -0.153. The number of aldehydes is 1. The van der Waals surface area contributed by atoms with E-state index < -0.39 is 16.9 Å². The molecule has 0 saturated carbocycles. The van der Waals surface area contributed by atoms with Crippen molar-refractivity contribution in [1.29, 1.82) is 5.41 Å². The van der Waals surface area contributed by atoms with Gasteiger partial charge >= 0.3 is 5.97 Å². The van der Waals surface area contributed by atoms with Crippen molar-refractivity contribution in [2.24, 2.45) is 11.5 Å². The van der Waals surface area contributed by atoms with Crippen molar-refractivity contribution in [2.45, 2.75) is 24.3 Å². The summed E-state index contributed by atoms with van der Waals surface area (Å²) in [5.74, 6) is -0.879. The van der Waals surface area contributed by atoms with Gasteiger partial charge in [0.1, 0.15) is 23.1 Å². The molecule has 0 heterocycles. The van der Waals surface area contributed by atoms with Crippen LogP contribution in [0.2, 0.25) is 0 Å². The number of hydrogen-bond donors (Lipinski definition) is 3. The molecule has 0 aliphatic rings. The molecule has 2 aromatic rings. The average Bonchev–Trinajstić information content (AvgIpc) is 2.69. The highest BCUT2D eigenvalue weighted by atomic mass is 16.5. The fraction of sp³-hybridized carbons (Fsp3) is 0.250. The first kappa shape index (κ1) is 19.3. The van der Waals surface area contributed by atoms with Gasteiger partial charge in [-0.3, -0.25) is 10.2 Å². The molecule has 0 saturated heterocycles. The summed E-state index contributed by atoms with van der Waals surface area (Å²) in [5, 5.41) is 7.89. The molecule has 6 nitrogen and oxygen atoms in total. The summed E-state index contributed by atoms with van der Waals surface area (Å²) in [4.78, 5) is 25.3. The van der Waals surface area contributed by atoms with Crippen LogP contribution < -0.4 is 11.5 Å². The van der Waals surface area contributed by atoms with E-state index >= 15 is 0 Å². The lowest BCUT2D eigenvalue weighted by atomic mass is 9.60. The number of amidine groups is 1. The second-order valence-corrected chi connectivity index (χ2v) is 6.06. The number of nitrogens with one attached hydrogen (secondary N) is 1. The number of esters is 1. The molecule has 0 spiro atoms. The molecule has 0 amide bonds. The Balaban J connectivity index is 2.93. The van der Waals surface area contributed by atoms with Crippen LogP contribution in [0.5, 0.6) is 0 Å². The van der Waals surface area contributed by atoms with Crippen molar-refractivity contribution in [3.8, 4) is 0 Å². The average molecular weight is 353 g/mol. The van der Waals surface area contributed by atoms with Crippen LogP contribution in [0.4, 0.5) is 0 Å². The van der Waals surface area contributed by atoms with Gasteiger partial charge in [-0.1, -0.05) is 61.5 Å². The van der Waals surface area contributed by atoms with Gasteiger partial charge in [0.2, 0.25) is 0 Å². The maximum atomic E-state index is 13.0. The summed E-state index contributed by atoms with van der Waals surface area (Å²) >= 11 is 0. The van der Waals surface area contributed by atoms with Crippen LogP contribution in [0, 0.1) is 5.41 Å². The van der Waals surface area contributed by atoms with Crippen molar-refractivity contribution >= 4 is 18.1 Å². The Morgan fingerprint density at radius 3 is 2.23 bits per heavy atom. The van der Waals surface area contributed by atoms with E-state index in [1.807, 2.05) is 0 Å². The van der Waals surface area contributed by atoms with Crippen LogP contribution in [-0.4, -0.2) is 25.2 Å². The summed E-state index contributed by atoms with van der Waals surface area (Å²) < 4.78 is 5.08. The third-order valence-corrected chi connectivity index (χ3v) is 4.88. The molecular weight excluding hydrogens is 330 g/mol. The Hall–Kier alpha value is -2.99. The fourth-order valence-electron chi connectivity index (χ4n) is 3.52. The van der Waals surface area contributed by atoms with E-state index in [1.54, 1.807) is 61.5 Å². The zero-order valence-electron chi connectivity index (χ0n) is 14.9. The number of ether oxygens (including phenoxy) is 1. The smallest absolute Gasteiger partial charge is 0.319 e. The Morgan fingerprint density at radius 1 is 1.15 bits per heavy atom. The number of nitrogens with two attached hydrogens (primary N) is 2. The Labute approximate surface area is 152 Å². The predicted octanol–water partition coefficient (Wildman–Crippen LogP) is 1.84. The van der Waals surface area contributed by atoms with E-state index in [2.05, 4.69) is 0 Å². The Kier molecular flexibility index (Phi) is 5.57. The van der Waals surface area contributed by atoms with Crippen LogP contribution in [0.25, 0.3) is 0 Å². The Morgan fingerprint density at radius 2 is 1.73 bits per heavy atom. The van der Waals surface area contributed by atoms with Crippen molar-refractivity contribution in [2.75, 3.05) is 7.11 Å². The van der Waals surface area contributed by atoms with E-state index in [0.29, 0.717) is 23.0 Å². The molecule has 2 unspecified atom stereocenters. The van der Waals surface area contributed by atoms with Crippen LogP contribution in [0.1, 0.15) is 30.0 Å². The van der Waals surface area contributed by atoms with E-state index in [0.717, 1.165) is 0 Å². The molecule has 2 aromatic carbocycles. The van der Waals surface area contributed by atoms with Crippen molar-refractivity contribution in [1.82, 2.24) is 0 Å². The highest BCUT2D eigenvalue weighted by Crippen LogP contribution is 2.44. The molecule has 26 heavy (non-hydrogen) atoms. The summed E-state index contributed by atoms with van der Waals surface area (Å²) in [5.41, 5.74) is 10.3. The molecule has 0 fully saturated rings. The number of benzene rings is 2. The summed E-state index contributed by atoms with van der Waals surface area (Å²) in [6.45, 7) is 1.75. The van der Waals surface area contributed by atoms with Crippen LogP contribution in [-0.2, 0) is 25.3 Å². The van der Waals surface area contributed by atoms with E-state index in [-0.39, 0.29) is 12.3 Å². The molecule has 0 aromatic heterocycles. The van der Waals surface area contributed by atoms with Gasteiger partial charge in [-0.15, -0.1) is 0 Å². The van der Waals surface area contributed by atoms with Crippen LogP contribution in [0.3, 0.4) is 0 Å². The van der Waals surface area contributed by atoms with Gasteiger partial charge in [0, 0.05) is 5.56 Å². The normalized spacial score (nSPS) is 15.3. The van der Waals surface area contributed by atoms with Gasteiger partial charge in [0.15, 0.2) is 0 Å². The van der Waals surface area contributed by atoms with E-state index in [1.165, 1.54) is 7.11 Å². The quantitative estimate of drug-likeness (QED) is 0.304. The fourth-order valence-corrected chi connectivity index (χ4v) is 3.52. The zero-order chi connectivity index (χ0) is 19.4. The number of methoxy groups -OCH3 is 1. The topological polar surface area (TPSA) is 119 Å². The third kappa shape index (κ3) is 2.78. The maximum Gasteiger partial charge on any atom is 0.319 e. The molecule has 0 radical (unpaired) electrons. The van der Waals surface area contributed by atoms with Crippen LogP contribution >= 0.6 is 0 Å². The monoisotopic (exact) mass is 353 g/mol. The second kappa shape index (κ2) is 7.49. The van der Waals surface area contributed by atoms with Gasteiger partial charge in [-0.25, -0.2) is 0 Å². The number of carbonyl (C=O) groups is 2. The van der Waals surface area contributed by atoms with Crippen molar-refractivity contribution in [3.05, 3.63) is 71.3 Å². The van der Waals surface area contributed by atoms with Crippen molar-refractivity contribution < 1.29 is 14.3 Å². The summed E-state index contributed by atoms with van der Waals surface area (Å²) in [6.07, 6.45) is 0.744. The lowest BCUT2D eigenvalue weighted by Gasteiger charge is -2.43. The first-order chi connectivity index (χ1) is 12.4. The second-order valence-electron chi connectivity index (χ2n) is 6.06. The summed E-state index contributed by atoms with van der Waals surface area (Å²) in [7, 11) is 1.25. The maximum absolute atomic E-state index is 13.0. The minimum absolute atomic E-state index is 0.175. The zero-order valence-corrected chi connectivity index (χ0v) is 14.9. The number of hydrogen-bond acceptors (Lipinski definition) is 5. The standard InChI is InChI=1S/C20H23N3O3/c1-3-19(18(25)26-2,16-12-8-7-11-15(16)17(21)22)20(23,13-24)14-9-5-4-6-10-14/h4-13H,3,23H2,1-2H3,(H3,21,22). The van der Waals surface area contributed by atoms with Gasteiger partial charge in [-0.05, 0) is 17.5 Å². The van der Waals surface area contributed by atoms with Gasteiger partial charge in [0.25, 0.3) is 0 Å². The number of nitrogen functional groups attached to an aromatic ring is 1. The third-order valence-electron chi connectivity index (χ3n) is 4.88. The van der Waals surface area contributed by atoms with Gasteiger partial charge < -0.3 is 21.0 Å². The first-order valence-corrected chi connectivity index (χ1v) is 8.22. The SMILES string of the molecule is CCC(C(=O)OC)(c1ccccc1C(=N)N)C(N)(C=O)c1ccccc1. The molecule has 0 bridgehead atoms. The first-order valence-electron chi connectivity index (χ1n) is 8.22. The molecule has 2 rings (SSSR count). The highest BCUT2D eigenvalue weighted by molar-refractivity contribution is 6.01. The molecule has 6 heteroatoms. The van der Waals surface area contributed by atoms with Gasteiger partial charge in [0.05, 0.1) is 7.11 Å². The van der Waals surface area contributed by atoms with Crippen LogP contribution in [0.15, 0.2) is 54.6 Å². The molecule has 0 aliphatic carbocycles. The lowest BCUT2D eigenvalue weighted by Crippen LogP contribution is -2.61. The van der Waals surface area contributed by atoms with E-state index in [9.17, 15) is 9.59 Å². The highest BCUT2D eigenvalue weighted by Gasteiger charge is 2.57. The molecule has 5 N–H and O–H groups in total. The molecule has 0 aliphatic heterocycles. The molecule has 2 atom stereocenters. The summed E-state index contributed by atoms with van der Waals surface area (Å²) in [6, 6.07) is 15.4. The molecular formula is C20H23N3O3. The van der Waals surface area contributed by atoms with Crippen molar-refractivity contribution in [3.63, 3.8) is 0 Å². The van der Waals surface area contributed by atoms with E-state index in [4.69, 9.17) is 21.6 Å². The van der Waals surface area contributed by atoms with Gasteiger partial charge in [-0.2, -0.15) is 0 Å². The molecule has 136 valence electrons. The minimum atomic E-state index is -1.71. The number of rotatable bonds is 7.